The maximum atomic E-state index is 13.2. The second kappa shape index (κ2) is 7.58. The van der Waals surface area contributed by atoms with Crippen molar-refractivity contribution >= 4 is 23.3 Å². The Morgan fingerprint density at radius 2 is 2.00 bits per heavy atom. The highest BCUT2D eigenvalue weighted by molar-refractivity contribution is 6.02. The molecule has 1 fully saturated rings. The smallest absolute Gasteiger partial charge is 0.387 e. The topological polar surface area (TPSA) is 75.9 Å². The molecular formula is C23H22F2N4O3. The quantitative estimate of drug-likeness (QED) is 0.620. The van der Waals surface area contributed by atoms with E-state index in [2.05, 4.69) is 10.3 Å². The first-order valence-corrected chi connectivity index (χ1v) is 10.5. The average molecular weight is 440 g/mol. The molecule has 1 aliphatic heterocycles. The molecule has 0 unspecified atom stereocenters. The van der Waals surface area contributed by atoms with Crippen molar-refractivity contribution in [3.63, 3.8) is 0 Å². The van der Waals surface area contributed by atoms with Crippen LogP contribution in [0.25, 0.3) is 16.8 Å². The van der Waals surface area contributed by atoms with Gasteiger partial charge in [-0.3, -0.25) is 9.59 Å². The van der Waals surface area contributed by atoms with E-state index in [-0.39, 0.29) is 29.2 Å². The van der Waals surface area contributed by atoms with Crippen molar-refractivity contribution < 1.29 is 23.1 Å². The Hall–Kier alpha value is -3.49. The molecule has 5 rings (SSSR count). The molecule has 1 aromatic carbocycles. The Morgan fingerprint density at radius 3 is 2.69 bits per heavy atom. The van der Waals surface area contributed by atoms with Crippen LogP contribution in [0.3, 0.4) is 0 Å². The van der Waals surface area contributed by atoms with Crippen molar-refractivity contribution in [2.24, 2.45) is 5.92 Å². The molecule has 2 amide bonds. The summed E-state index contributed by atoms with van der Waals surface area (Å²) in [5.74, 6) is 0.296. The first-order chi connectivity index (χ1) is 15.3. The number of pyridine rings is 1. The van der Waals surface area contributed by atoms with Gasteiger partial charge in [-0.15, -0.1) is 0 Å². The number of hydrogen-bond acceptors (Lipinski definition) is 4. The molecule has 1 aliphatic carbocycles. The van der Waals surface area contributed by atoms with Gasteiger partial charge in [-0.1, -0.05) is 0 Å². The summed E-state index contributed by atoms with van der Waals surface area (Å²) < 4.78 is 32.9. The van der Waals surface area contributed by atoms with Gasteiger partial charge in [0, 0.05) is 25.7 Å². The molecule has 0 saturated heterocycles. The van der Waals surface area contributed by atoms with Crippen LogP contribution in [0, 0.1) is 5.92 Å². The molecule has 2 aliphatic rings. The van der Waals surface area contributed by atoms with Crippen molar-refractivity contribution in [3.05, 3.63) is 47.8 Å². The van der Waals surface area contributed by atoms with E-state index in [4.69, 9.17) is 4.74 Å². The van der Waals surface area contributed by atoms with Crippen molar-refractivity contribution in [1.82, 2.24) is 14.3 Å². The monoisotopic (exact) mass is 440 g/mol. The molecule has 32 heavy (non-hydrogen) atoms. The largest absolute Gasteiger partial charge is 0.434 e. The van der Waals surface area contributed by atoms with E-state index in [9.17, 15) is 18.4 Å². The summed E-state index contributed by atoms with van der Waals surface area (Å²) in [4.78, 5) is 30.4. The fourth-order valence-corrected chi connectivity index (χ4v) is 4.36. The van der Waals surface area contributed by atoms with Crippen LogP contribution >= 0.6 is 0 Å². The second-order valence-electron chi connectivity index (χ2n) is 8.39. The van der Waals surface area contributed by atoms with E-state index < -0.39 is 6.61 Å². The predicted molar refractivity (Wildman–Crippen MR) is 114 cm³/mol. The van der Waals surface area contributed by atoms with Crippen molar-refractivity contribution in [3.8, 4) is 16.9 Å². The Balaban J connectivity index is 1.54. The number of rotatable bonds is 6. The van der Waals surface area contributed by atoms with Crippen LogP contribution in [-0.2, 0) is 11.3 Å². The Kier molecular flexibility index (Phi) is 4.83. The third-order valence-electron chi connectivity index (χ3n) is 6.10. The number of amides is 2. The number of halogens is 2. The molecule has 0 bridgehead atoms. The van der Waals surface area contributed by atoms with Gasteiger partial charge in [-0.25, -0.2) is 4.98 Å². The molecule has 0 spiro atoms. The lowest BCUT2D eigenvalue weighted by atomic mass is 10.0. The minimum Gasteiger partial charge on any atom is -0.434 e. The molecular weight excluding hydrogens is 418 g/mol. The standard InChI is InChI=1S/C23H22F2N4O3/c1-12(14-3-4-14)29-10-17-7-16(8-18(32-23(24)25)21(17)22(29)31)15-5-6-20-27-19(26-13(2)30)11-28(20)9-15/h5-9,11-12,14,23H,3-4,10H2,1-2H3,(H,26,30)/t12-/m0/s1. The molecule has 2 aromatic heterocycles. The molecule has 3 aromatic rings. The van der Waals surface area contributed by atoms with Crippen LogP contribution in [0.2, 0.25) is 0 Å². The van der Waals surface area contributed by atoms with Gasteiger partial charge in [-0.2, -0.15) is 8.78 Å². The lowest BCUT2D eigenvalue weighted by Crippen LogP contribution is -2.34. The van der Waals surface area contributed by atoms with Gasteiger partial charge >= 0.3 is 6.61 Å². The van der Waals surface area contributed by atoms with Gasteiger partial charge in [0.2, 0.25) is 5.91 Å². The molecule has 166 valence electrons. The molecule has 3 heterocycles. The normalized spacial score (nSPS) is 16.5. The number of ether oxygens (including phenoxy) is 1. The van der Waals surface area contributed by atoms with E-state index in [0.717, 1.165) is 18.4 Å². The summed E-state index contributed by atoms with van der Waals surface area (Å²) in [6.07, 6.45) is 5.63. The fraction of sp³-hybridized carbons (Fsp3) is 0.348. The first-order valence-electron chi connectivity index (χ1n) is 10.5. The highest BCUT2D eigenvalue weighted by Crippen LogP contribution is 2.42. The second-order valence-corrected chi connectivity index (χ2v) is 8.39. The van der Waals surface area contributed by atoms with Crippen LogP contribution in [-0.4, -0.2) is 38.8 Å². The minimum absolute atomic E-state index is 0.0623. The number of carbonyl (C=O) groups excluding carboxylic acids is 2. The third-order valence-corrected chi connectivity index (χ3v) is 6.10. The van der Waals surface area contributed by atoms with E-state index in [0.29, 0.717) is 35.1 Å². The van der Waals surface area contributed by atoms with Gasteiger partial charge < -0.3 is 19.4 Å². The number of imidazole rings is 1. The molecule has 1 N–H and O–H groups in total. The summed E-state index contributed by atoms with van der Waals surface area (Å²) >= 11 is 0. The summed E-state index contributed by atoms with van der Waals surface area (Å²) in [6.45, 7) is 0.752. The predicted octanol–water partition coefficient (Wildman–Crippen LogP) is 4.32. The summed E-state index contributed by atoms with van der Waals surface area (Å²) in [6, 6.07) is 7.00. The van der Waals surface area contributed by atoms with Gasteiger partial charge in [0.25, 0.3) is 5.91 Å². The van der Waals surface area contributed by atoms with E-state index in [1.807, 2.05) is 19.1 Å². The van der Waals surface area contributed by atoms with E-state index in [1.165, 1.54) is 13.0 Å². The highest BCUT2D eigenvalue weighted by atomic mass is 19.3. The van der Waals surface area contributed by atoms with Gasteiger partial charge in [0.1, 0.15) is 11.4 Å². The maximum Gasteiger partial charge on any atom is 0.387 e. The molecule has 7 nitrogen and oxygen atoms in total. The number of benzene rings is 1. The fourth-order valence-electron chi connectivity index (χ4n) is 4.36. The maximum absolute atomic E-state index is 13.2. The van der Waals surface area contributed by atoms with Crippen molar-refractivity contribution in [1.29, 1.82) is 0 Å². The number of nitrogens with one attached hydrogen (secondary N) is 1. The number of carbonyl (C=O) groups is 2. The van der Waals surface area contributed by atoms with E-state index >= 15 is 0 Å². The SMILES string of the molecule is CC(=O)Nc1cn2cc(-c3cc4c(c(OC(F)F)c3)C(=O)N([C@@H](C)C3CC3)C4)ccc2n1. The lowest BCUT2D eigenvalue weighted by molar-refractivity contribution is -0.114. The molecule has 1 saturated carbocycles. The summed E-state index contributed by atoms with van der Waals surface area (Å²) in [7, 11) is 0. The van der Waals surface area contributed by atoms with Gasteiger partial charge in [-0.05, 0) is 66.6 Å². The van der Waals surface area contributed by atoms with Crippen LogP contribution in [0.5, 0.6) is 5.75 Å². The van der Waals surface area contributed by atoms with Gasteiger partial charge in [0.05, 0.1) is 11.8 Å². The zero-order chi connectivity index (χ0) is 22.6. The summed E-state index contributed by atoms with van der Waals surface area (Å²) in [5.41, 5.74) is 2.93. The molecule has 1 atom stereocenters. The number of fused-ring (bicyclic) bond motifs is 2. The minimum atomic E-state index is -3.03. The zero-order valence-electron chi connectivity index (χ0n) is 17.6. The summed E-state index contributed by atoms with van der Waals surface area (Å²) in [5, 5.41) is 2.64. The third kappa shape index (κ3) is 3.68. The van der Waals surface area contributed by atoms with Gasteiger partial charge in [0.15, 0.2) is 5.82 Å². The Labute approximate surface area is 183 Å². The number of anilines is 1. The first kappa shape index (κ1) is 20.4. The molecule has 9 heteroatoms. The number of hydrogen-bond donors (Lipinski definition) is 1. The lowest BCUT2D eigenvalue weighted by Gasteiger charge is -2.24. The highest BCUT2D eigenvalue weighted by Gasteiger charge is 2.40. The Bertz CT molecular complexity index is 1240. The Morgan fingerprint density at radius 1 is 1.22 bits per heavy atom. The van der Waals surface area contributed by atoms with Crippen LogP contribution in [0.4, 0.5) is 14.6 Å². The average Bonchev–Trinajstić information content (AvgIpc) is 3.41. The van der Waals surface area contributed by atoms with Crippen molar-refractivity contribution in [2.75, 3.05) is 5.32 Å². The van der Waals surface area contributed by atoms with Crippen molar-refractivity contribution in [2.45, 2.75) is 45.9 Å². The van der Waals surface area contributed by atoms with E-state index in [1.54, 1.807) is 27.8 Å². The van der Waals surface area contributed by atoms with Crippen LogP contribution in [0.15, 0.2) is 36.7 Å². The number of alkyl halides is 2. The zero-order valence-corrected chi connectivity index (χ0v) is 17.6. The number of nitrogens with zero attached hydrogens (tertiary/aromatic N) is 3. The van der Waals surface area contributed by atoms with Crippen LogP contribution < -0.4 is 10.1 Å². The number of aromatic nitrogens is 2. The van der Waals surface area contributed by atoms with Crippen LogP contribution in [0.1, 0.15) is 42.6 Å². The molecule has 0 radical (unpaired) electrons.